The number of aromatic nitrogens is 1. The van der Waals surface area contributed by atoms with Crippen molar-refractivity contribution in [3.63, 3.8) is 0 Å². The highest BCUT2D eigenvalue weighted by molar-refractivity contribution is 5.97. The molecule has 0 fully saturated rings. The van der Waals surface area contributed by atoms with E-state index in [4.69, 9.17) is 4.74 Å². The Morgan fingerprint density at radius 2 is 2.04 bits per heavy atom. The number of benzene rings is 2. The summed E-state index contributed by atoms with van der Waals surface area (Å²) in [6, 6.07) is 17.0. The van der Waals surface area contributed by atoms with Gasteiger partial charge in [0.05, 0.1) is 5.52 Å². The van der Waals surface area contributed by atoms with Crippen LogP contribution in [0.2, 0.25) is 0 Å². The molecule has 0 aliphatic carbocycles. The van der Waals surface area contributed by atoms with Gasteiger partial charge in [0.15, 0.2) is 0 Å². The number of ether oxygens (including phenoxy) is 1. The van der Waals surface area contributed by atoms with Gasteiger partial charge in [-0.2, -0.15) is 0 Å². The SMILES string of the molecule is CCCC#CCOc1cccc(CNC(=O)c2ccc3ncccc3c2)c1. The first-order chi connectivity index (χ1) is 13.3. The summed E-state index contributed by atoms with van der Waals surface area (Å²) in [5.74, 6) is 6.69. The van der Waals surface area contributed by atoms with Crippen LogP contribution in [-0.2, 0) is 6.54 Å². The average Bonchev–Trinajstić information content (AvgIpc) is 2.72. The monoisotopic (exact) mass is 358 g/mol. The van der Waals surface area contributed by atoms with Crippen molar-refractivity contribution in [1.29, 1.82) is 0 Å². The molecule has 0 unspecified atom stereocenters. The van der Waals surface area contributed by atoms with Crippen molar-refractivity contribution in [2.45, 2.75) is 26.3 Å². The molecular formula is C23H22N2O2. The van der Waals surface area contributed by atoms with Crippen molar-refractivity contribution in [2.75, 3.05) is 6.61 Å². The normalized spacial score (nSPS) is 10.1. The molecule has 1 aromatic heterocycles. The molecule has 1 heterocycles. The van der Waals surface area contributed by atoms with Crippen LogP contribution in [0, 0.1) is 11.8 Å². The minimum Gasteiger partial charge on any atom is -0.481 e. The Kier molecular flexibility index (Phi) is 6.43. The summed E-state index contributed by atoms with van der Waals surface area (Å²) in [7, 11) is 0. The van der Waals surface area contributed by atoms with E-state index in [2.05, 4.69) is 29.1 Å². The fraction of sp³-hybridized carbons (Fsp3) is 0.217. The molecule has 1 amide bonds. The van der Waals surface area contributed by atoms with Crippen LogP contribution in [0.4, 0.5) is 0 Å². The van der Waals surface area contributed by atoms with Gasteiger partial charge in [0, 0.05) is 30.1 Å². The van der Waals surface area contributed by atoms with Gasteiger partial charge < -0.3 is 10.1 Å². The smallest absolute Gasteiger partial charge is 0.251 e. The zero-order chi connectivity index (χ0) is 18.9. The van der Waals surface area contributed by atoms with Crippen LogP contribution in [0.15, 0.2) is 60.8 Å². The summed E-state index contributed by atoms with van der Waals surface area (Å²) in [5, 5.41) is 3.90. The van der Waals surface area contributed by atoms with Crippen molar-refractivity contribution in [3.05, 3.63) is 71.9 Å². The number of nitrogens with one attached hydrogen (secondary N) is 1. The molecule has 0 bridgehead atoms. The van der Waals surface area contributed by atoms with E-state index in [-0.39, 0.29) is 5.91 Å². The highest BCUT2D eigenvalue weighted by Crippen LogP contribution is 2.15. The Morgan fingerprint density at radius 3 is 2.93 bits per heavy atom. The summed E-state index contributed by atoms with van der Waals surface area (Å²) in [6.07, 6.45) is 3.68. The molecule has 4 heteroatoms. The molecule has 2 aromatic carbocycles. The molecule has 4 nitrogen and oxygen atoms in total. The predicted molar refractivity (Wildman–Crippen MR) is 108 cm³/mol. The standard InChI is InChI=1S/C23H22N2O2/c1-2-3-4-5-14-27-21-10-6-8-18(15-21)17-25-23(26)20-11-12-22-19(16-20)9-7-13-24-22/h6-13,15-16H,2-3,14,17H2,1H3,(H,25,26). The number of unbranched alkanes of at least 4 members (excludes halogenated alkanes) is 1. The number of hydrogen-bond acceptors (Lipinski definition) is 3. The molecule has 0 radical (unpaired) electrons. The third-order valence-electron chi connectivity index (χ3n) is 4.03. The van der Waals surface area contributed by atoms with Crippen molar-refractivity contribution in [1.82, 2.24) is 10.3 Å². The lowest BCUT2D eigenvalue weighted by molar-refractivity contribution is 0.0951. The van der Waals surface area contributed by atoms with Gasteiger partial charge in [-0.3, -0.25) is 9.78 Å². The maximum Gasteiger partial charge on any atom is 0.251 e. The van der Waals surface area contributed by atoms with Crippen LogP contribution in [0.1, 0.15) is 35.7 Å². The second-order valence-electron chi connectivity index (χ2n) is 6.13. The second-order valence-corrected chi connectivity index (χ2v) is 6.13. The Bertz CT molecular complexity index is 986. The van der Waals surface area contributed by atoms with Gasteiger partial charge in [0.2, 0.25) is 0 Å². The zero-order valence-corrected chi connectivity index (χ0v) is 15.4. The molecule has 0 atom stereocenters. The molecule has 0 saturated heterocycles. The lowest BCUT2D eigenvalue weighted by atomic mass is 10.1. The summed E-state index contributed by atoms with van der Waals surface area (Å²) < 4.78 is 5.64. The molecule has 0 saturated carbocycles. The molecule has 0 aliphatic rings. The van der Waals surface area contributed by atoms with E-state index in [1.54, 1.807) is 12.3 Å². The van der Waals surface area contributed by atoms with E-state index in [1.807, 2.05) is 48.5 Å². The van der Waals surface area contributed by atoms with E-state index in [0.29, 0.717) is 18.7 Å². The molecular weight excluding hydrogens is 336 g/mol. The fourth-order valence-electron chi connectivity index (χ4n) is 2.63. The van der Waals surface area contributed by atoms with Gasteiger partial charge in [-0.1, -0.05) is 37.0 Å². The minimum atomic E-state index is -0.113. The van der Waals surface area contributed by atoms with Crippen LogP contribution >= 0.6 is 0 Å². The Balaban J connectivity index is 1.58. The van der Waals surface area contributed by atoms with E-state index in [9.17, 15) is 4.79 Å². The van der Waals surface area contributed by atoms with E-state index in [1.165, 1.54) is 0 Å². The average molecular weight is 358 g/mol. The number of amides is 1. The quantitative estimate of drug-likeness (QED) is 0.667. The number of fused-ring (bicyclic) bond motifs is 1. The van der Waals surface area contributed by atoms with Crippen molar-refractivity contribution >= 4 is 16.8 Å². The van der Waals surface area contributed by atoms with E-state index >= 15 is 0 Å². The van der Waals surface area contributed by atoms with Gasteiger partial charge in [-0.05, 0) is 48.4 Å². The summed E-state index contributed by atoms with van der Waals surface area (Å²) >= 11 is 0. The largest absolute Gasteiger partial charge is 0.481 e. The maximum atomic E-state index is 12.4. The highest BCUT2D eigenvalue weighted by Gasteiger charge is 2.07. The number of nitrogens with zero attached hydrogens (tertiary/aromatic N) is 1. The van der Waals surface area contributed by atoms with Crippen LogP contribution in [0.25, 0.3) is 10.9 Å². The molecule has 3 rings (SSSR count). The fourth-order valence-corrected chi connectivity index (χ4v) is 2.63. The number of carbonyl (C=O) groups is 1. The first-order valence-electron chi connectivity index (χ1n) is 9.06. The van der Waals surface area contributed by atoms with Crippen LogP contribution in [0.3, 0.4) is 0 Å². The lowest BCUT2D eigenvalue weighted by Crippen LogP contribution is -2.22. The van der Waals surface area contributed by atoms with Gasteiger partial charge in [-0.15, -0.1) is 0 Å². The minimum absolute atomic E-state index is 0.113. The maximum absolute atomic E-state index is 12.4. The number of carbonyl (C=O) groups excluding carboxylic acids is 1. The van der Waals surface area contributed by atoms with Gasteiger partial charge in [0.1, 0.15) is 12.4 Å². The molecule has 136 valence electrons. The molecule has 0 aliphatic heterocycles. The zero-order valence-electron chi connectivity index (χ0n) is 15.4. The molecule has 27 heavy (non-hydrogen) atoms. The molecule has 3 aromatic rings. The van der Waals surface area contributed by atoms with Crippen LogP contribution < -0.4 is 10.1 Å². The van der Waals surface area contributed by atoms with Crippen molar-refractivity contribution in [3.8, 4) is 17.6 Å². The van der Waals surface area contributed by atoms with Crippen LogP contribution in [0.5, 0.6) is 5.75 Å². The van der Waals surface area contributed by atoms with E-state index in [0.717, 1.165) is 35.1 Å². The third kappa shape index (κ3) is 5.32. The summed E-state index contributed by atoms with van der Waals surface area (Å²) in [6.45, 7) is 2.91. The van der Waals surface area contributed by atoms with Gasteiger partial charge in [0.25, 0.3) is 5.91 Å². The first-order valence-corrected chi connectivity index (χ1v) is 9.06. The van der Waals surface area contributed by atoms with Gasteiger partial charge in [-0.25, -0.2) is 0 Å². The molecule has 1 N–H and O–H groups in total. The number of hydrogen-bond donors (Lipinski definition) is 1. The third-order valence-corrected chi connectivity index (χ3v) is 4.03. The Morgan fingerprint density at radius 1 is 1.11 bits per heavy atom. The second kappa shape index (κ2) is 9.40. The topological polar surface area (TPSA) is 51.2 Å². The molecule has 0 spiro atoms. The van der Waals surface area contributed by atoms with Crippen molar-refractivity contribution < 1.29 is 9.53 Å². The Labute approximate surface area is 159 Å². The van der Waals surface area contributed by atoms with Crippen molar-refractivity contribution in [2.24, 2.45) is 0 Å². The van der Waals surface area contributed by atoms with Crippen LogP contribution in [-0.4, -0.2) is 17.5 Å². The summed E-state index contributed by atoms with van der Waals surface area (Å²) in [4.78, 5) is 16.7. The Hall–Kier alpha value is -3.32. The highest BCUT2D eigenvalue weighted by atomic mass is 16.5. The first kappa shape index (κ1) is 18.5. The predicted octanol–water partition coefficient (Wildman–Crippen LogP) is 4.35. The van der Waals surface area contributed by atoms with E-state index < -0.39 is 0 Å². The van der Waals surface area contributed by atoms with Gasteiger partial charge >= 0.3 is 0 Å². The lowest BCUT2D eigenvalue weighted by Gasteiger charge is -2.08. The summed E-state index contributed by atoms with van der Waals surface area (Å²) in [5.41, 5.74) is 2.47. The number of pyridine rings is 1. The number of rotatable bonds is 6.